The van der Waals surface area contributed by atoms with Crippen LogP contribution in [0.5, 0.6) is 5.75 Å². The van der Waals surface area contributed by atoms with Gasteiger partial charge in [0.2, 0.25) is 0 Å². The van der Waals surface area contributed by atoms with E-state index in [-0.39, 0.29) is 62.2 Å². The van der Waals surface area contributed by atoms with E-state index in [2.05, 4.69) is 0 Å². The van der Waals surface area contributed by atoms with E-state index in [0.717, 1.165) is 0 Å². The Morgan fingerprint density at radius 1 is 1.20 bits per heavy atom. The van der Waals surface area contributed by atoms with Gasteiger partial charge in [0.1, 0.15) is 5.75 Å². The Balaban J connectivity index is 0.000000810. The number of phenols is 1. The van der Waals surface area contributed by atoms with E-state index < -0.39 is 0 Å². The molecule has 10 heavy (non-hydrogen) atoms. The van der Waals surface area contributed by atoms with Crippen LogP contribution in [-0.4, -0.2) is 56.5 Å². The average Bonchev–Trinajstić information content (AvgIpc) is 1.80. The first-order chi connectivity index (χ1) is 4.20. The molecule has 0 unspecified atom stereocenters. The van der Waals surface area contributed by atoms with Gasteiger partial charge in [-0.25, -0.2) is 0 Å². The normalized spacial score (nSPS) is 8.60. The van der Waals surface area contributed by atoms with Crippen LogP contribution in [0.4, 0.5) is 0 Å². The maximum atomic E-state index is 8.85. The van der Waals surface area contributed by atoms with Crippen LogP contribution in [-0.2, 0) is 0 Å². The SMILES string of the molecule is Oc1ccc(Cl)cc1Cl.[KH]. The molecule has 0 aliphatic heterocycles. The van der Waals surface area contributed by atoms with Gasteiger partial charge in [-0.05, 0) is 18.2 Å². The number of hydrogen-bond acceptors (Lipinski definition) is 1. The van der Waals surface area contributed by atoms with Gasteiger partial charge in [-0.1, -0.05) is 23.2 Å². The van der Waals surface area contributed by atoms with Crippen molar-refractivity contribution in [2.45, 2.75) is 0 Å². The van der Waals surface area contributed by atoms with Crippen LogP contribution in [0.1, 0.15) is 0 Å². The molecule has 50 valence electrons. The molecule has 0 radical (unpaired) electrons. The molecule has 1 aromatic rings. The molecular weight excluding hydrogens is 198 g/mol. The molecule has 1 N–H and O–H groups in total. The Kier molecular flexibility index (Phi) is 5.60. The fourth-order valence-electron chi connectivity index (χ4n) is 0.481. The number of hydrogen-bond donors (Lipinski definition) is 1. The first-order valence-electron chi connectivity index (χ1n) is 2.34. The van der Waals surface area contributed by atoms with Crippen molar-refractivity contribution in [3.05, 3.63) is 28.2 Å². The quantitative estimate of drug-likeness (QED) is 0.640. The summed E-state index contributed by atoms with van der Waals surface area (Å²) in [5.74, 6) is 0.0565. The van der Waals surface area contributed by atoms with E-state index in [9.17, 15) is 0 Å². The van der Waals surface area contributed by atoms with E-state index in [0.29, 0.717) is 5.02 Å². The van der Waals surface area contributed by atoms with Gasteiger partial charge in [-0.2, -0.15) is 0 Å². The van der Waals surface area contributed by atoms with Crippen LogP contribution in [0.25, 0.3) is 0 Å². The third kappa shape index (κ3) is 3.09. The number of phenolic OH excluding ortho intramolecular Hbond substituents is 1. The first-order valence-corrected chi connectivity index (χ1v) is 3.10. The molecule has 4 heteroatoms. The third-order valence-corrected chi connectivity index (χ3v) is 1.45. The van der Waals surface area contributed by atoms with Crippen LogP contribution >= 0.6 is 23.2 Å². The Labute approximate surface area is 112 Å². The predicted molar refractivity (Wildman–Crippen MR) is 45.3 cm³/mol. The van der Waals surface area contributed by atoms with Crippen molar-refractivity contribution in [1.29, 1.82) is 0 Å². The van der Waals surface area contributed by atoms with Gasteiger partial charge in [0.15, 0.2) is 0 Å². The van der Waals surface area contributed by atoms with Crippen LogP contribution in [0.3, 0.4) is 0 Å². The summed E-state index contributed by atoms with van der Waals surface area (Å²) in [6.07, 6.45) is 0. The fourth-order valence-corrected chi connectivity index (χ4v) is 0.890. The Bertz CT molecular complexity index is 227. The third-order valence-electron chi connectivity index (χ3n) is 0.910. The summed E-state index contributed by atoms with van der Waals surface area (Å²) in [6, 6.07) is 4.51. The maximum absolute atomic E-state index is 8.85. The molecule has 0 aliphatic rings. The van der Waals surface area contributed by atoms with E-state index in [1.54, 1.807) is 6.07 Å². The zero-order valence-corrected chi connectivity index (χ0v) is 5.95. The van der Waals surface area contributed by atoms with Crippen molar-refractivity contribution in [2.75, 3.05) is 0 Å². The van der Waals surface area contributed by atoms with Crippen LogP contribution in [0.2, 0.25) is 10.0 Å². The van der Waals surface area contributed by atoms with Crippen molar-refractivity contribution >= 4 is 74.6 Å². The van der Waals surface area contributed by atoms with Gasteiger partial charge in [-0.3, -0.25) is 0 Å². The number of rotatable bonds is 0. The Morgan fingerprint density at radius 3 is 2.20 bits per heavy atom. The minimum atomic E-state index is 0. The summed E-state index contributed by atoms with van der Waals surface area (Å²) in [6.45, 7) is 0. The van der Waals surface area contributed by atoms with E-state index in [1.165, 1.54) is 12.1 Å². The first kappa shape index (κ1) is 11.2. The van der Waals surface area contributed by atoms with Crippen molar-refractivity contribution in [1.82, 2.24) is 0 Å². The van der Waals surface area contributed by atoms with Gasteiger partial charge in [0.05, 0.1) is 5.02 Å². The molecule has 0 fully saturated rings. The standard InChI is InChI=1S/C6H4Cl2O.K.H/c7-4-1-2-6(9)5(8)3-4;;/h1-3,9H;;. The summed E-state index contributed by atoms with van der Waals surface area (Å²) < 4.78 is 0. The van der Waals surface area contributed by atoms with Crippen molar-refractivity contribution < 1.29 is 5.11 Å². The summed E-state index contributed by atoms with van der Waals surface area (Å²) in [7, 11) is 0. The molecule has 0 atom stereocenters. The average molecular weight is 203 g/mol. The monoisotopic (exact) mass is 202 g/mol. The molecule has 1 nitrogen and oxygen atoms in total. The molecule has 0 bridgehead atoms. The summed E-state index contributed by atoms with van der Waals surface area (Å²) >= 11 is 11.0. The number of halogens is 2. The van der Waals surface area contributed by atoms with E-state index in [4.69, 9.17) is 28.3 Å². The minimum absolute atomic E-state index is 0. The molecule has 0 amide bonds. The zero-order chi connectivity index (χ0) is 6.85. The summed E-state index contributed by atoms with van der Waals surface area (Å²) in [5, 5.41) is 9.66. The molecule has 1 aromatic carbocycles. The van der Waals surface area contributed by atoms with Crippen LogP contribution in [0.15, 0.2) is 18.2 Å². The van der Waals surface area contributed by atoms with Crippen molar-refractivity contribution in [3.8, 4) is 5.75 Å². The van der Waals surface area contributed by atoms with E-state index >= 15 is 0 Å². The van der Waals surface area contributed by atoms with Crippen molar-refractivity contribution in [3.63, 3.8) is 0 Å². The number of benzene rings is 1. The van der Waals surface area contributed by atoms with Gasteiger partial charge < -0.3 is 5.11 Å². The van der Waals surface area contributed by atoms with Crippen LogP contribution in [0, 0.1) is 0 Å². The molecule has 0 heterocycles. The van der Waals surface area contributed by atoms with Gasteiger partial charge in [-0.15, -0.1) is 0 Å². The number of aromatic hydroxyl groups is 1. The van der Waals surface area contributed by atoms with Gasteiger partial charge in [0, 0.05) is 5.02 Å². The summed E-state index contributed by atoms with van der Waals surface area (Å²) in [5.41, 5.74) is 0. The second-order valence-corrected chi connectivity index (χ2v) is 2.44. The molecule has 0 aromatic heterocycles. The summed E-state index contributed by atoms with van der Waals surface area (Å²) in [4.78, 5) is 0. The molecule has 0 saturated carbocycles. The molecule has 0 spiro atoms. The second-order valence-electron chi connectivity index (χ2n) is 1.60. The van der Waals surface area contributed by atoms with Crippen molar-refractivity contribution in [2.24, 2.45) is 0 Å². The molecule has 0 saturated heterocycles. The fraction of sp³-hybridized carbons (Fsp3) is 0. The topological polar surface area (TPSA) is 20.2 Å². The van der Waals surface area contributed by atoms with Gasteiger partial charge in [0.25, 0.3) is 0 Å². The molecular formula is C6H5Cl2KO. The second kappa shape index (κ2) is 4.98. The molecule has 1 rings (SSSR count). The molecule has 0 aliphatic carbocycles. The van der Waals surface area contributed by atoms with Gasteiger partial charge >= 0.3 is 51.4 Å². The zero-order valence-electron chi connectivity index (χ0n) is 4.44. The van der Waals surface area contributed by atoms with Crippen LogP contribution < -0.4 is 0 Å². The Morgan fingerprint density at radius 2 is 1.80 bits per heavy atom. The predicted octanol–water partition coefficient (Wildman–Crippen LogP) is 2.05. The van der Waals surface area contributed by atoms with E-state index in [1.807, 2.05) is 0 Å². The Hall–Kier alpha value is 1.24.